The number of nitrogens with zero attached hydrogens (tertiary/aromatic N) is 5. The number of fused-ring (bicyclic) bond motifs is 1. The summed E-state index contributed by atoms with van der Waals surface area (Å²) in [6.45, 7) is 1.53. The maximum Gasteiger partial charge on any atom is 0.408 e. The van der Waals surface area contributed by atoms with Crippen LogP contribution < -0.4 is 5.32 Å². The predicted molar refractivity (Wildman–Crippen MR) is 123 cm³/mol. The molecule has 1 saturated heterocycles. The van der Waals surface area contributed by atoms with Crippen LogP contribution in [0, 0.1) is 5.41 Å². The molecular formula is C23H26F5N7O2. The predicted octanol–water partition coefficient (Wildman–Crippen LogP) is 4.57. The van der Waals surface area contributed by atoms with Crippen molar-refractivity contribution in [3.8, 4) is 11.4 Å². The van der Waals surface area contributed by atoms with Crippen LogP contribution in [0.15, 0.2) is 24.7 Å². The molecule has 3 aromatic rings. The number of halogens is 5. The molecule has 1 aliphatic heterocycles. The van der Waals surface area contributed by atoms with Gasteiger partial charge in [-0.1, -0.05) is 0 Å². The summed E-state index contributed by atoms with van der Waals surface area (Å²) >= 11 is 0. The van der Waals surface area contributed by atoms with E-state index in [1.165, 1.54) is 43.4 Å². The molecule has 37 heavy (non-hydrogen) atoms. The van der Waals surface area contributed by atoms with Gasteiger partial charge in [0, 0.05) is 23.7 Å². The van der Waals surface area contributed by atoms with Crippen LogP contribution in [0.2, 0.25) is 0 Å². The number of urea groups is 1. The van der Waals surface area contributed by atoms with E-state index in [1.807, 2.05) is 0 Å². The van der Waals surface area contributed by atoms with Gasteiger partial charge in [-0.05, 0) is 45.6 Å². The normalized spacial score (nSPS) is 21.7. The number of nitrogens with one attached hydrogen (secondary N) is 2. The Bertz CT molecular complexity index is 1320. The summed E-state index contributed by atoms with van der Waals surface area (Å²) in [5, 5.41) is 24.2. The second-order valence-corrected chi connectivity index (χ2v) is 10.5. The first kappa shape index (κ1) is 25.4. The molecule has 1 atom stereocenters. The topological polar surface area (TPSA) is 112 Å². The number of aromatic amines is 1. The number of carbonyl (C=O) groups excluding carboxylic acids is 1. The van der Waals surface area contributed by atoms with Crippen LogP contribution in [-0.2, 0) is 6.54 Å². The van der Waals surface area contributed by atoms with E-state index in [-0.39, 0.29) is 42.0 Å². The second kappa shape index (κ2) is 8.36. The van der Waals surface area contributed by atoms with E-state index in [4.69, 9.17) is 0 Å². The van der Waals surface area contributed by atoms with Gasteiger partial charge in [-0.2, -0.15) is 23.4 Å². The van der Waals surface area contributed by atoms with Crippen molar-refractivity contribution < 1.29 is 31.9 Å². The number of H-pyrrole nitrogens is 1. The third kappa shape index (κ3) is 4.40. The van der Waals surface area contributed by atoms with Gasteiger partial charge in [0.15, 0.2) is 0 Å². The van der Waals surface area contributed by atoms with Crippen molar-refractivity contribution in [2.75, 3.05) is 11.9 Å². The van der Waals surface area contributed by atoms with E-state index in [1.54, 1.807) is 0 Å². The third-order valence-electron chi connectivity index (χ3n) is 7.70. The van der Waals surface area contributed by atoms with Crippen LogP contribution in [-0.4, -0.2) is 71.3 Å². The molecular weight excluding hydrogens is 501 g/mol. The van der Waals surface area contributed by atoms with Crippen molar-refractivity contribution >= 4 is 22.6 Å². The molecule has 1 spiro atoms. The van der Waals surface area contributed by atoms with E-state index in [0.29, 0.717) is 18.2 Å². The van der Waals surface area contributed by atoms with Crippen molar-refractivity contribution in [3.63, 3.8) is 0 Å². The molecule has 3 N–H and O–H groups in total. The van der Waals surface area contributed by atoms with Crippen molar-refractivity contribution in [3.05, 3.63) is 24.7 Å². The molecule has 0 bridgehead atoms. The summed E-state index contributed by atoms with van der Waals surface area (Å²) < 4.78 is 67.9. The standard InChI is InChI=1S/C23H26F5N7O2/c1-20(2,37)22(18(24)25)5-6-34(21(11-22)3-4-21)19(36)32-15-10-30-33-17(15)14-7-16-13(8-29-14)9-31-35(16)12-23(26,27)28/h7-10,18,37H,3-6,11-12H2,1-2H3,(H,30,33)(H,32,36). The summed E-state index contributed by atoms with van der Waals surface area (Å²) in [6.07, 6.45) is -2.20. The Kier molecular flexibility index (Phi) is 5.73. The number of hydrogen-bond acceptors (Lipinski definition) is 5. The number of alkyl halides is 5. The highest BCUT2D eigenvalue weighted by atomic mass is 19.4. The molecule has 0 aromatic carbocycles. The number of hydrogen-bond donors (Lipinski definition) is 3. The molecule has 5 rings (SSSR count). The van der Waals surface area contributed by atoms with Crippen molar-refractivity contribution in [2.24, 2.45) is 5.41 Å². The molecule has 1 aliphatic carbocycles. The van der Waals surface area contributed by atoms with Crippen LogP contribution in [0.5, 0.6) is 0 Å². The van der Waals surface area contributed by atoms with E-state index in [2.05, 4.69) is 25.6 Å². The smallest absolute Gasteiger partial charge is 0.390 e. The number of aliphatic hydroxyl groups is 1. The summed E-state index contributed by atoms with van der Waals surface area (Å²) in [5.74, 6) is 0. The highest BCUT2D eigenvalue weighted by Gasteiger charge is 2.64. The number of amides is 2. The fraction of sp³-hybridized carbons (Fsp3) is 0.565. The molecule has 1 unspecified atom stereocenters. The van der Waals surface area contributed by atoms with Gasteiger partial charge in [-0.3, -0.25) is 14.8 Å². The average molecular weight is 527 g/mol. The fourth-order valence-corrected chi connectivity index (χ4v) is 5.37. The Balaban J connectivity index is 1.38. The zero-order valence-corrected chi connectivity index (χ0v) is 20.1. The Morgan fingerprint density at radius 2 is 1.95 bits per heavy atom. The van der Waals surface area contributed by atoms with Gasteiger partial charge in [0.25, 0.3) is 0 Å². The Hall–Kier alpha value is -3.29. The molecule has 2 aliphatic rings. The second-order valence-electron chi connectivity index (χ2n) is 10.5. The number of rotatable bonds is 5. The maximum absolute atomic E-state index is 14.2. The molecule has 0 radical (unpaired) electrons. The van der Waals surface area contributed by atoms with Crippen LogP contribution in [0.1, 0.15) is 39.5 Å². The zero-order chi connectivity index (χ0) is 26.8. The number of aromatic nitrogens is 5. The molecule has 200 valence electrons. The first-order valence-electron chi connectivity index (χ1n) is 11.8. The van der Waals surface area contributed by atoms with Gasteiger partial charge < -0.3 is 15.3 Å². The highest BCUT2D eigenvalue weighted by Crippen LogP contribution is 2.59. The Morgan fingerprint density at radius 1 is 1.22 bits per heavy atom. The SMILES string of the molecule is CC(C)(O)C1(C(F)F)CCN(C(=O)Nc2cn[nH]c2-c2cc3c(cn2)cnn3CC(F)(F)F)C2(CC2)C1. The minimum absolute atomic E-state index is 0.0196. The van der Waals surface area contributed by atoms with Crippen LogP contribution >= 0.6 is 0 Å². The van der Waals surface area contributed by atoms with Crippen LogP contribution in [0.3, 0.4) is 0 Å². The van der Waals surface area contributed by atoms with Crippen LogP contribution in [0.4, 0.5) is 32.4 Å². The first-order valence-corrected chi connectivity index (χ1v) is 11.8. The van der Waals surface area contributed by atoms with E-state index in [9.17, 15) is 31.9 Å². The van der Waals surface area contributed by atoms with Gasteiger partial charge in [0.05, 0.1) is 40.3 Å². The van der Waals surface area contributed by atoms with E-state index in [0.717, 1.165) is 4.68 Å². The molecule has 1 saturated carbocycles. The Morgan fingerprint density at radius 3 is 2.57 bits per heavy atom. The summed E-state index contributed by atoms with van der Waals surface area (Å²) in [7, 11) is 0. The summed E-state index contributed by atoms with van der Waals surface area (Å²) in [4.78, 5) is 19.1. The lowest BCUT2D eigenvalue weighted by Gasteiger charge is -2.52. The molecule has 14 heteroatoms. The number of pyridine rings is 1. The van der Waals surface area contributed by atoms with Gasteiger partial charge >= 0.3 is 12.2 Å². The lowest BCUT2D eigenvalue weighted by molar-refractivity contribution is -0.173. The maximum atomic E-state index is 14.2. The summed E-state index contributed by atoms with van der Waals surface area (Å²) in [6, 6.07) is 0.905. The molecule has 4 heterocycles. The van der Waals surface area contributed by atoms with Crippen molar-refractivity contribution in [1.29, 1.82) is 0 Å². The van der Waals surface area contributed by atoms with Gasteiger partial charge in [0.1, 0.15) is 12.2 Å². The van der Waals surface area contributed by atoms with Crippen molar-refractivity contribution in [1.82, 2.24) is 29.9 Å². The molecule has 2 fully saturated rings. The number of piperidine rings is 1. The first-order chi connectivity index (χ1) is 17.2. The lowest BCUT2D eigenvalue weighted by Crippen LogP contribution is -2.61. The number of likely N-dealkylation sites (tertiary alicyclic amines) is 1. The van der Waals surface area contributed by atoms with Crippen LogP contribution in [0.25, 0.3) is 22.3 Å². The largest absolute Gasteiger partial charge is 0.408 e. The molecule has 3 aromatic heterocycles. The van der Waals surface area contributed by atoms with Gasteiger partial charge in [-0.25, -0.2) is 13.6 Å². The molecule has 9 nitrogen and oxygen atoms in total. The number of anilines is 1. The minimum Gasteiger partial charge on any atom is -0.390 e. The highest BCUT2D eigenvalue weighted by molar-refractivity contribution is 5.94. The van der Waals surface area contributed by atoms with E-state index < -0.39 is 41.7 Å². The molecule has 2 amide bonds. The third-order valence-corrected chi connectivity index (χ3v) is 7.70. The fourth-order valence-electron chi connectivity index (χ4n) is 5.37. The van der Waals surface area contributed by atoms with Gasteiger partial charge in [-0.15, -0.1) is 0 Å². The monoisotopic (exact) mass is 527 g/mol. The average Bonchev–Trinajstić information content (AvgIpc) is 3.21. The quantitative estimate of drug-likeness (QED) is 0.421. The van der Waals surface area contributed by atoms with Crippen molar-refractivity contribution in [2.45, 2.75) is 69.8 Å². The van der Waals surface area contributed by atoms with Gasteiger partial charge in [0.2, 0.25) is 6.43 Å². The lowest BCUT2D eigenvalue weighted by atomic mass is 9.64. The minimum atomic E-state index is -4.46. The number of carbonyl (C=O) groups is 1. The van der Waals surface area contributed by atoms with E-state index >= 15 is 0 Å². The Labute approximate surface area is 208 Å². The summed E-state index contributed by atoms with van der Waals surface area (Å²) in [5.41, 5.74) is -3.07. The zero-order valence-electron chi connectivity index (χ0n) is 20.1.